The lowest BCUT2D eigenvalue weighted by Gasteiger charge is -2.01. The number of nitrogens with two attached hydrogens (primary N) is 1. The first-order valence-corrected chi connectivity index (χ1v) is 4.99. The molecule has 0 aliphatic rings. The Morgan fingerprint density at radius 1 is 1.27 bits per heavy atom. The average molecular weight is 225 g/mol. The fourth-order valence-corrected chi connectivity index (χ4v) is 2.01. The highest BCUT2D eigenvalue weighted by Gasteiger charge is 2.05. The molecule has 0 aliphatic heterocycles. The van der Waals surface area contributed by atoms with Crippen LogP contribution >= 0.6 is 12.4 Å². The first kappa shape index (κ1) is 12.1. The maximum Gasteiger partial charge on any atom is 0.0486 e. The highest BCUT2D eigenvalue weighted by molar-refractivity contribution is 5.86. The molecular weight excluding hydrogens is 208 g/mol. The molecule has 0 fully saturated rings. The number of rotatable bonds is 2. The second kappa shape index (κ2) is 4.69. The van der Waals surface area contributed by atoms with Gasteiger partial charge in [-0.25, -0.2) is 0 Å². The van der Waals surface area contributed by atoms with Gasteiger partial charge in [-0.3, -0.25) is 0 Å². The predicted octanol–water partition coefficient (Wildman–Crippen LogP) is 2.71. The van der Waals surface area contributed by atoms with Crippen LogP contribution in [0.5, 0.6) is 0 Å². The lowest BCUT2D eigenvalue weighted by Crippen LogP contribution is -2.01. The standard InChI is InChI=1S/C12H16N2.ClH/c1-8-5-9(2)12-11(6-8)10(3-4-13)7-14-12;/h5-7,14H,3-4,13H2,1-2H3;1H. The van der Waals surface area contributed by atoms with E-state index in [1.165, 1.54) is 27.6 Å². The van der Waals surface area contributed by atoms with E-state index in [-0.39, 0.29) is 12.4 Å². The second-order valence-electron chi connectivity index (χ2n) is 3.86. The van der Waals surface area contributed by atoms with E-state index in [2.05, 4.69) is 37.2 Å². The fraction of sp³-hybridized carbons (Fsp3) is 0.333. The lowest BCUT2D eigenvalue weighted by molar-refractivity contribution is 0.976. The molecule has 3 N–H and O–H groups in total. The number of aryl methyl sites for hydroxylation is 2. The van der Waals surface area contributed by atoms with Crippen LogP contribution in [-0.2, 0) is 6.42 Å². The average Bonchev–Trinajstić information content (AvgIpc) is 2.49. The van der Waals surface area contributed by atoms with Gasteiger partial charge in [-0.05, 0) is 44.0 Å². The predicted molar refractivity (Wildman–Crippen MR) is 67.8 cm³/mol. The van der Waals surface area contributed by atoms with Crippen LogP contribution in [0, 0.1) is 13.8 Å². The Balaban J connectivity index is 0.00000112. The van der Waals surface area contributed by atoms with Crippen LogP contribution in [0.15, 0.2) is 18.3 Å². The maximum atomic E-state index is 5.57. The molecule has 0 amide bonds. The first-order valence-electron chi connectivity index (χ1n) is 4.99. The molecule has 0 aliphatic carbocycles. The van der Waals surface area contributed by atoms with Gasteiger partial charge in [-0.15, -0.1) is 12.4 Å². The van der Waals surface area contributed by atoms with Gasteiger partial charge in [0.05, 0.1) is 0 Å². The van der Waals surface area contributed by atoms with E-state index < -0.39 is 0 Å². The molecular formula is C12H17ClN2. The van der Waals surface area contributed by atoms with Gasteiger partial charge in [0.15, 0.2) is 0 Å². The van der Waals surface area contributed by atoms with Gasteiger partial charge in [0, 0.05) is 17.1 Å². The van der Waals surface area contributed by atoms with Crippen LogP contribution in [0.2, 0.25) is 0 Å². The number of aromatic amines is 1. The van der Waals surface area contributed by atoms with Crippen molar-refractivity contribution in [1.29, 1.82) is 0 Å². The molecule has 0 saturated heterocycles. The Bertz CT molecular complexity index is 460. The third-order valence-corrected chi connectivity index (χ3v) is 2.63. The zero-order valence-electron chi connectivity index (χ0n) is 9.13. The summed E-state index contributed by atoms with van der Waals surface area (Å²) in [6.07, 6.45) is 3.02. The number of aromatic nitrogens is 1. The normalized spacial score (nSPS) is 10.3. The van der Waals surface area contributed by atoms with Crippen molar-refractivity contribution >= 4 is 23.3 Å². The Hall–Kier alpha value is -0.990. The number of benzene rings is 1. The smallest absolute Gasteiger partial charge is 0.0486 e. The molecule has 0 bridgehead atoms. The van der Waals surface area contributed by atoms with Crippen molar-refractivity contribution in [2.75, 3.05) is 6.54 Å². The molecule has 0 atom stereocenters. The monoisotopic (exact) mass is 224 g/mol. The Labute approximate surface area is 96.3 Å². The number of nitrogens with one attached hydrogen (secondary N) is 1. The van der Waals surface area contributed by atoms with Crippen LogP contribution in [0.3, 0.4) is 0 Å². The molecule has 2 nitrogen and oxygen atoms in total. The van der Waals surface area contributed by atoms with Crippen molar-refractivity contribution in [3.05, 3.63) is 35.0 Å². The van der Waals surface area contributed by atoms with Crippen LogP contribution in [-0.4, -0.2) is 11.5 Å². The van der Waals surface area contributed by atoms with Crippen molar-refractivity contribution in [3.8, 4) is 0 Å². The summed E-state index contributed by atoms with van der Waals surface area (Å²) in [5.74, 6) is 0. The fourth-order valence-electron chi connectivity index (χ4n) is 2.01. The van der Waals surface area contributed by atoms with Crippen molar-refractivity contribution in [2.45, 2.75) is 20.3 Å². The van der Waals surface area contributed by atoms with E-state index >= 15 is 0 Å². The van der Waals surface area contributed by atoms with Crippen LogP contribution in [0.4, 0.5) is 0 Å². The highest BCUT2D eigenvalue weighted by Crippen LogP contribution is 2.23. The largest absolute Gasteiger partial charge is 0.361 e. The zero-order valence-corrected chi connectivity index (χ0v) is 9.95. The molecule has 3 heteroatoms. The molecule has 15 heavy (non-hydrogen) atoms. The third-order valence-electron chi connectivity index (χ3n) is 2.63. The summed E-state index contributed by atoms with van der Waals surface area (Å²) in [4.78, 5) is 3.31. The van der Waals surface area contributed by atoms with E-state index in [0.717, 1.165) is 6.42 Å². The molecule has 1 aromatic heterocycles. The first-order chi connectivity index (χ1) is 6.72. The Morgan fingerprint density at radius 2 is 2.00 bits per heavy atom. The molecule has 0 radical (unpaired) electrons. The quantitative estimate of drug-likeness (QED) is 0.809. The van der Waals surface area contributed by atoms with Gasteiger partial charge in [0.2, 0.25) is 0 Å². The summed E-state index contributed by atoms with van der Waals surface area (Å²) in [5, 5.41) is 1.33. The van der Waals surface area contributed by atoms with Crippen molar-refractivity contribution in [3.63, 3.8) is 0 Å². The van der Waals surface area contributed by atoms with Crippen molar-refractivity contribution in [1.82, 2.24) is 4.98 Å². The minimum atomic E-state index is 0. The Kier molecular flexibility index (Phi) is 3.77. The summed E-state index contributed by atoms with van der Waals surface area (Å²) in [7, 11) is 0. The molecule has 1 heterocycles. The summed E-state index contributed by atoms with van der Waals surface area (Å²) in [5.41, 5.74) is 10.8. The van der Waals surface area contributed by atoms with Gasteiger partial charge in [-0.1, -0.05) is 11.6 Å². The number of H-pyrrole nitrogens is 1. The summed E-state index contributed by atoms with van der Waals surface area (Å²) in [6, 6.07) is 4.43. The molecule has 0 spiro atoms. The van der Waals surface area contributed by atoms with Gasteiger partial charge < -0.3 is 10.7 Å². The van der Waals surface area contributed by atoms with Gasteiger partial charge in [0.1, 0.15) is 0 Å². The lowest BCUT2D eigenvalue weighted by atomic mass is 10.0. The van der Waals surface area contributed by atoms with E-state index in [9.17, 15) is 0 Å². The summed E-state index contributed by atoms with van der Waals surface area (Å²) in [6.45, 7) is 4.98. The van der Waals surface area contributed by atoms with Crippen LogP contribution in [0.25, 0.3) is 10.9 Å². The maximum absolute atomic E-state index is 5.57. The minimum Gasteiger partial charge on any atom is -0.361 e. The van der Waals surface area contributed by atoms with Crippen LogP contribution in [0.1, 0.15) is 16.7 Å². The van der Waals surface area contributed by atoms with Gasteiger partial charge in [0.25, 0.3) is 0 Å². The van der Waals surface area contributed by atoms with Gasteiger partial charge in [-0.2, -0.15) is 0 Å². The summed E-state index contributed by atoms with van der Waals surface area (Å²) >= 11 is 0. The highest BCUT2D eigenvalue weighted by atomic mass is 35.5. The number of halogens is 1. The molecule has 2 aromatic rings. The second-order valence-corrected chi connectivity index (χ2v) is 3.86. The molecule has 82 valence electrons. The Morgan fingerprint density at radius 3 is 2.67 bits per heavy atom. The number of hydrogen-bond donors (Lipinski definition) is 2. The molecule has 2 rings (SSSR count). The van der Waals surface area contributed by atoms with E-state index in [1.54, 1.807) is 0 Å². The molecule has 0 saturated carbocycles. The number of hydrogen-bond acceptors (Lipinski definition) is 1. The number of fused-ring (bicyclic) bond motifs is 1. The zero-order chi connectivity index (χ0) is 10.1. The van der Waals surface area contributed by atoms with Crippen molar-refractivity contribution in [2.24, 2.45) is 5.73 Å². The minimum absolute atomic E-state index is 0. The van der Waals surface area contributed by atoms with Crippen molar-refractivity contribution < 1.29 is 0 Å². The van der Waals surface area contributed by atoms with E-state index in [0.29, 0.717) is 6.54 Å². The van der Waals surface area contributed by atoms with E-state index in [1.807, 2.05) is 0 Å². The third kappa shape index (κ3) is 2.16. The SMILES string of the molecule is Cc1cc(C)c2[nH]cc(CCN)c2c1.Cl. The van der Waals surface area contributed by atoms with E-state index in [4.69, 9.17) is 5.73 Å². The van der Waals surface area contributed by atoms with Crippen LogP contribution < -0.4 is 5.73 Å². The topological polar surface area (TPSA) is 41.8 Å². The molecule has 0 unspecified atom stereocenters. The summed E-state index contributed by atoms with van der Waals surface area (Å²) < 4.78 is 0. The van der Waals surface area contributed by atoms with Gasteiger partial charge >= 0.3 is 0 Å². The molecule has 1 aromatic carbocycles.